The molecule has 3 rings (SSSR count). The van der Waals surface area contributed by atoms with Crippen LogP contribution in [0.3, 0.4) is 0 Å². The van der Waals surface area contributed by atoms with Crippen molar-refractivity contribution in [2.45, 2.75) is 19.8 Å². The van der Waals surface area contributed by atoms with Gasteiger partial charge in [0.2, 0.25) is 21.8 Å². The SMILES string of the molecule is COc1ccc(OC)c(N(CC(=O)Nc2ccc(N3CCCC3=O)c(C)c2)S(C)(=O)=O)c1. The smallest absolute Gasteiger partial charge is 0.245 e. The zero-order valence-electron chi connectivity index (χ0n) is 18.5. The molecule has 0 aromatic heterocycles. The van der Waals surface area contributed by atoms with Crippen molar-refractivity contribution in [3.05, 3.63) is 42.0 Å². The molecule has 0 atom stereocenters. The molecule has 0 spiro atoms. The number of rotatable bonds is 8. The van der Waals surface area contributed by atoms with E-state index in [-0.39, 0.29) is 11.6 Å². The molecule has 1 saturated heterocycles. The summed E-state index contributed by atoms with van der Waals surface area (Å²) in [5, 5.41) is 2.73. The molecular weight excluding hydrogens is 434 g/mol. The second kappa shape index (κ2) is 9.47. The number of anilines is 3. The summed E-state index contributed by atoms with van der Waals surface area (Å²) in [5.74, 6) is 0.280. The summed E-state index contributed by atoms with van der Waals surface area (Å²) in [7, 11) is -0.921. The highest BCUT2D eigenvalue weighted by Gasteiger charge is 2.26. The molecular formula is C22H27N3O6S. The number of carbonyl (C=O) groups excluding carboxylic acids is 2. The van der Waals surface area contributed by atoms with E-state index in [4.69, 9.17) is 9.47 Å². The molecule has 2 aromatic rings. The molecule has 10 heteroatoms. The highest BCUT2D eigenvalue weighted by atomic mass is 32.2. The largest absolute Gasteiger partial charge is 0.497 e. The first kappa shape index (κ1) is 23.4. The third-order valence-corrected chi connectivity index (χ3v) is 6.31. The first-order valence-electron chi connectivity index (χ1n) is 10.0. The molecule has 0 saturated carbocycles. The maximum atomic E-state index is 12.7. The van der Waals surface area contributed by atoms with E-state index < -0.39 is 22.5 Å². The lowest BCUT2D eigenvalue weighted by molar-refractivity contribution is -0.117. The maximum Gasteiger partial charge on any atom is 0.245 e. The van der Waals surface area contributed by atoms with Crippen LogP contribution in [0.1, 0.15) is 18.4 Å². The van der Waals surface area contributed by atoms with Gasteiger partial charge in [0.05, 0.1) is 26.2 Å². The average molecular weight is 462 g/mol. The Morgan fingerprint density at radius 1 is 1.16 bits per heavy atom. The van der Waals surface area contributed by atoms with Crippen molar-refractivity contribution in [1.29, 1.82) is 0 Å². The van der Waals surface area contributed by atoms with E-state index in [9.17, 15) is 18.0 Å². The molecule has 9 nitrogen and oxygen atoms in total. The van der Waals surface area contributed by atoms with Crippen molar-refractivity contribution >= 4 is 38.9 Å². The van der Waals surface area contributed by atoms with Gasteiger partial charge in [-0.15, -0.1) is 0 Å². The van der Waals surface area contributed by atoms with Crippen molar-refractivity contribution in [3.63, 3.8) is 0 Å². The zero-order valence-corrected chi connectivity index (χ0v) is 19.4. The summed E-state index contributed by atoms with van der Waals surface area (Å²) < 4.78 is 36.4. The van der Waals surface area contributed by atoms with Gasteiger partial charge >= 0.3 is 0 Å². The van der Waals surface area contributed by atoms with Gasteiger partial charge < -0.3 is 19.7 Å². The minimum atomic E-state index is -3.80. The minimum absolute atomic E-state index is 0.0842. The Hall–Kier alpha value is -3.27. The first-order chi connectivity index (χ1) is 15.1. The van der Waals surface area contributed by atoms with Crippen LogP contribution < -0.4 is 24.0 Å². The molecule has 1 aliphatic rings. The third-order valence-electron chi connectivity index (χ3n) is 5.19. The highest BCUT2D eigenvalue weighted by molar-refractivity contribution is 7.92. The Morgan fingerprint density at radius 2 is 1.91 bits per heavy atom. The molecule has 1 heterocycles. The fourth-order valence-corrected chi connectivity index (χ4v) is 4.49. The van der Waals surface area contributed by atoms with E-state index in [1.165, 1.54) is 20.3 Å². The number of hydrogen-bond acceptors (Lipinski definition) is 6. The summed E-state index contributed by atoms with van der Waals surface area (Å²) in [6.07, 6.45) is 2.38. The van der Waals surface area contributed by atoms with E-state index in [0.717, 1.165) is 28.2 Å². The van der Waals surface area contributed by atoms with Gasteiger partial charge in [-0.25, -0.2) is 8.42 Å². The molecule has 2 amide bonds. The Kier molecular flexibility index (Phi) is 6.93. The van der Waals surface area contributed by atoms with Crippen molar-refractivity contribution in [2.75, 3.05) is 48.1 Å². The molecule has 0 bridgehead atoms. The van der Waals surface area contributed by atoms with Crippen molar-refractivity contribution < 1.29 is 27.5 Å². The number of amides is 2. The molecule has 2 aromatic carbocycles. The predicted molar refractivity (Wildman–Crippen MR) is 123 cm³/mol. The summed E-state index contributed by atoms with van der Waals surface area (Å²) in [4.78, 5) is 26.5. The quantitative estimate of drug-likeness (QED) is 0.648. The van der Waals surface area contributed by atoms with E-state index >= 15 is 0 Å². The second-order valence-corrected chi connectivity index (χ2v) is 9.41. The van der Waals surface area contributed by atoms with Gasteiger partial charge in [-0.2, -0.15) is 0 Å². The number of sulfonamides is 1. The summed E-state index contributed by atoms with van der Waals surface area (Å²) in [5.41, 5.74) is 2.36. The van der Waals surface area contributed by atoms with Crippen LogP contribution in [0.25, 0.3) is 0 Å². The highest BCUT2D eigenvalue weighted by Crippen LogP contribution is 2.34. The van der Waals surface area contributed by atoms with E-state index in [1.54, 1.807) is 35.2 Å². The number of nitrogens with zero attached hydrogens (tertiary/aromatic N) is 2. The Morgan fingerprint density at radius 3 is 2.47 bits per heavy atom. The van der Waals surface area contributed by atoms with Crippen LogP contribution in [0, 0.1) is 6.92 Å². The molecule has 0 aliphatic carbocycles. The zero-order chi connectivity index (χ0) is 23.5. The molecule has 1 fully saturated rings. The van der Waals surface area contributed by atoms with Crippen molar-refractivity contribution in [3.8, 4) is 11.5 Å². The van der Waals surface area contributed by atoms with E-state index in [1.807, 2.05) is 6.92 Å². The average Bonchev–Trinajstić information content (AvgIpc) is 3.16. The minimum Gasteiger partial charge on any atom is -0.497 e. The van der Waals surface area contributed by atoms with Gasteiger partial charge in [-0.1, -0.05) is 0 Å². The molecule has 0 radical (unpaired) electrons. The van der Waals surface area contributed by atoms with Crippen LogP contribution in [0.5, 0.6) is 11.5 Å². The number of aryl methyl sites for hydroxylation is 1. The van der Waals surface area contributed by atoms with Crippen LogP contribution in [-0.4, -0.2) is 53.8 Å². The molecule has 172 valence electrons. The number of hydrogen-bond donors (Lipinski definition) is 1. The van der Waals surface area contributed by atoms with Gasteiger partial charge in [0.15, 0.2) is 0 Å². The number of nitrogens with one attached hydrogen (secondary N) is 1. The monoisotopic (exact) mass is 461 g/mol. The molecule has 32 heavy (non-hydrogen) atoms. The lowest BCUT2D eigenvalue weighted by Gasteiger charge is -2.24. The lowest BCUT2D eigenvalue weighted by Crippen LogP contribution is -2.37. The standard InChI is InChI=1S/C22H27N3O6S/c1-15-12-16(7-9-18(15)24-11-5-6-22(24)27)23-21(26)14-25(32(4,28)29)19-13-17(30-2)8-10-20(19)31-3/h7-10,12-13H,5-6,11,14H2,1-4H3,(H,23,26). The normalized spacial score (nSPS) is 13.8. The van der Waals surface area contributed by atoms with Crippen LogP contribution in [0.2, 0.25) is 0 Å². The second-order valence-electron chi connectivity index (χ2n) is 7.51. The van der Waals surface area contributed by atoms with Crippen LogP contribution >= 0.6 is 0 Å². The van der Waals surface area contributed by atoms with Crippen LogP contribution in [0.4, 0.5) is 17.1 Å². The number of methoxy groups -OCH3 is 2. The van der Waals surface area contributed by atoms with Crippen LogP contribution in [-0.2, 0) is 19.6 Å². The predicted octanol–water partition coefficient (Wildman–Crippen LogP) is 2.54. The maximum absolute atomic E-state index is 12.7. The number of benzene rings is 2. The van der Waals surface area contributed by atoms with Crippen LogP contribution in [0.15, 0.2) is 36.4 Å². The van der Waals surface area contributed by atoms with E-state index in [0.29, 0.717) is 30.2 Å². The number of carbonyl (C=O) groups is 2. The topological polar surface area (TPSA) is 105 Å². The summed E-state index contributed by atoms with van der Waals surface area (Å²) >= 11 is 0. The number of ether oxygens (including phenoxy) is 2. The van der Waals surface area contributed by atoms with Gasteiger partial charge in [-0.05, 0) is 49.2 Å². The lowest BCUT2D eigenvalue weighted by atomic mass is 10.1. The summed E-state index contributed by atoms with van der Waals surface area (Å²) in [6.45, 7) is 2.09. The Bertz CT molecular complexity index is 1130. The molecule has 1 N–H and O–H groups in total. The summed E-state index contributed by atoms with van der Waals surface area (Å²) in [6, 6.07) is 9.95. The van der Waals surface area contributed by atoms with Crippen molar-refractivity contribution in [1.82, 2.24) is 0 Å². The Balaban J connectivity index is 1.81. The van der Waals surface area contributed by atoms with Gasteiger partial charge in [0.1, 0.15) is 18.0 Å². The van der Waals surface area contributed by atoms with Gasteiger partial charge in [0.25, 0.3) is 0 Å². The van der Waals surface area contributed by atoms with Crippen molar-refractivity contribution in [2.24, 2.45) is 0 Å². The molecule has 0 unspecified atom stereocenters. The fourth-order valence-electron chi connectivity index (χ4n) is 3.64. The molecule has 1 aliphatic heterocycles. The van der Waals surface area contributed by atoms with Gasteiger partial charge in [-0.3, -0.25) is 13.9 Å². The fraction of sp³-hybridized carbons (Fsp3) is 0.364. The Labute approximate surface area is 188 Å². The first-order valence-corrected chi connectivity index (χ1v) is 11.9. The van der Waals surface area contributed by atoms with Gasteiger partial charge in [0, 0.05) is 30.4 Å². The third kappa shape index (κ3) is 5.13. The van der Waals surface area contributed by atoms with E-state index in [2.05, 4.69) is 5.32 Å².